The van der Waals surface area contributed by atoms with Crippen LogP contribution in [0, 0.1) is 0 Å². The molecule has 96 valence electrons. The summed E-state index contributed by atoms with van der Waals surface area (Å²) < 4.78 is 7.53. The van der Waals surface area contributed by atoms with Gasteiger partial charge in [0.25, 0.3) is 0 Å². The first kappa shape index (κ1) is 11.7. The van der Waals surface area contributed by atoms with Crippen LogP contribution < -0.4 is 9.57 Å². The zero-order valence-electron chi connectivity index (χ0n) is 10.7. The lowest BCUT2D eigenvalue weighted by molar-refractivity contribution is 0.179. The molecule has 0 aliphatic heterocycles. The number of ether oxygens (including phenoxy) is 1. The highest BCUT2D eigenvalue weighted by atomic mass is 16.6. The van der Waals surface area contributed by atoms with E-state index in [1.807, 2.05) is 48.7 Å². The molecule has 3 rings (SSSR count). The van der Waals surface area contributed by atoms with Crippen molar-refractivity contribution >= 4 is 10.9 Å². The van der Waals surface area contributed by atoms with E-state index in [4.69, 9.17) is 9.57 Å². The van der Waals surface area contributed by atoms with E-state index < -0.39 is 0 Å². The molecule has 0 N–H and O–H groups in total. The van der Waals surface area contributed by atoms with E-state index in [1.54, 1.807) is 11.8 Å². The zero-order valence-corrected chi connectivity index (χ0v) is 10.7. The van der Waals surface area contributed by atoms with E-state index in [0.29, 0.717) is 6.61 Å². The van der Waals surface area contributed by atoms with Crippen molar-refractivity contribution in [2.75, 3.05) is 7.11 Å². The maximum atomic E-state index is 5.79. The first-order valence-electron chi connectivity index (χ1n) is 6.19. The van der Waals surface area contributed by atoms with E-state index in [2.05, 4.69) is 12.1 Å². The van der Waals surface area contributed by atoms with E-state index in [1.165, 1.54) is 0 Å². The molecule has 0 atom stereocenters. The van der Waals surface area contributed by atoms with E-state index in [9.17, 15) is 0 Å². The fourth-order valence-electron chi connectivity index (χ4n) is 2.08. The van der Waals surface area contributed by atoms with Crippen molar-refractivity contribution in [2.24, 2.45) is 0 Å². The van der Waals surface area contributed by atoms with Crippen molar-refractivity contribution in [2.45, 2.75) is 6.61 Å². The SMILES string of the molecule is COn1ccc2cc(OCc3ccccc3)ccc21. The molecule has 0 aliphatic carbocycles. The van der Waals surface area contributed by atoms with Crippen molar-refractivity contribution in [3.8, 4) is 5.75 Å². The number of benzene rings is 2. The summed E-state index contributed by atoms with van der Waals surface area (Å²) in [6, 6.07) is 18.1. The Morgan fingerprint density at radius 3 is 2.63 bits per heavy atom. The first-order valence-corrected chi connectivity index (χ1v) is 6.19. The van der Waals surface area contributed by atoms with Crippen LogP contribution >= 0.6 is 0 Å². The minimum Gasteiger partial charge on any atom is -0.489 e. The molecule has 0 fully saturated rings. The molecule has 3 heteroatoms. The van der Waals surface area contributed by atoms with Gasteiger partial charge >= 0.3 is 0 Å². The summed E-state index contributed by atoms with van der Waals surface area (Å²) in [6.45, 7) is 0.581. The Balaban J connectivity index is 1.78. The van der Waals surface area contributed by atoms with Gasteiger partial charge in [0.1, 0.15) is 19.5 Å². The van der Waals surface area contributed by atoms with Crippen LogP contribution in [0.5, 0.6) is 5.75 Å². The van der Waals surface area contributed by atoms with Gasteiger partial charge in [-0.2, -0.15) is 4.73 Å². The molecule has 0 amide bonds. The molecule has 19 heavy (non-hydrogen) atoms. The van der Waals surface area contributed by atoms with Crippen LogP contribution in [0.3, 0.4) is 0 Å². The van der Waals surface area contributed by atoms with Gasteiger partial charge in [0.05, 0.1) is 5.52 Å². The Hall–Kier alpha value is -2.42. The fourth-order valence-corrected chi connectivity index (χ4v) is 2.08. The largest absolute Gasteiger partial charge is 0.489 e. The molecule has 0 aliphatic rings. The molecule has 0 bridgehead atoms. The van der Waals surface area contributed by atoms with Gasteiger partial charge in [0.2, 0.25) is 0 Å². The van der Waals surface area contributed by atoms with Crippen LogP contribution in [0.2, 0.25) is 0 Å². The van der Waals surface area contributed by atoms with Crippen molar-refractivity contribution in [1.82, 2.24) is 4.73 Å². The molecule has 1 aromatic heterocycles. The van der Waals surface area contributed by atoms with Crippen molar-refractivity contribution in [1.29, 1.82) is 0 Å². The highest BCUT2D eigenvalue weighted by Crippen LogP contribution is 2.22. The summed E-state index contributed by atoms with van der Waals surface area (Å²) in [6.07, 6.45) is 1.89. The molecule has 0 spiro atoms. The Morgan fingerprint density at radius 1 is 1.00 bits per heavy atom. The molecule has 2 aromatic carbocycles. The highest BCUT2D eigenvalue weighted by molar-refractivity contribution is 5.81. The second-order valence-corrected chi connectivity index (χ2v) is 4.32. The van der Waals surface area contributed by atoms with Crippen LogP contribution in [0.25, 0.3) is 10.9 Å². The molecule has 0 radical (unpaired) electrons. The Labute approximate surface area is 112 Å². The smallest absolute Gasteiger partial charge is 0.120 e. The van der Waals surface area contributed by atoms with Crippen LogP contribution in [-0.4, -0.2) is 11.8 Å². The lowest BCUT2D eigenvalue weighted by Crippen LogP contribution is -2.02. The number of hydrogen-bond donors (Lipinski definition) is 0. The van der Waals surface area contributed by atoms with Crippen LogP contribution in [0.1, 0.15) is 5.56 Å². The number of nitrogens with zero attached hydrogens (tertiary/aromatic N) is 1. The maximum Gasteiger partial charge on any atom is 0.120 e. The van der Waals surface area contributed by atoms with Gasteiger partial charge in [0.15, 0.2) is 0 Å². The number of rotatable bonds is 4. The quantitative estimate of drug-likeness (QED) is 0.712. The Kier molecular flexibility index (Phi) is 3.11. The van der Waals surface area contributed by atoms with Gasteiger partial charge < -0.3 is 9.57 Å². The minimum absolute atomic E-state index is 0.581. The summed E-state index contributed by atoms with van der Waals surface area (Å²) in [4.78, 5) is 5.21. The van der Waals surface area contributed by atoms with Gasteiger partial charge in [-0.25, -0.2) is 0 Å². The summed E-state index contributed by atoms with van der Waals surface area (Å²) in [5.74, 6) is 0.866. The molecule has 0 saturated carbocycles. The van der Waals surface area contributed by atoms with Gasteiger partial charge in [-0.15, -0.1) is 0 Å². The predicted octanol–water partition coefficient (Wildman–Crippen LogP) is 3.28. The van der Waals surface area contributed by atoms with E-state index >= 15 is 0 Å². The highest BCUT2D eigenvalue weighted by Gasteiger charge is 2.03. The van der Waals surface area contributed by atoms with Gasteiger partial charge in [0, 0.05) is 11.6 Å². The molecule has 3 aromatic rings. The second-order valence-electron chi connectivity index (χ2n) is 4.32. The molecule has 3 nitrogen and oxygen atoms in total. The minimum atomic E-state index is 0.581. The fraction of sp³-hybridized carbons (Fsp3) is 0.125. The normalized spacial score (nSPS) is 10.6. The third-order valence-electron chi connectivity index (χ3n) is 3.07. The molecule has 0 saturated heterocycles. The van der Waals surface area contributed by atoms with E-state index in [0.717, 1.165) is 22.2 Å². The predicted molar refractivity (Wildman–Crippen MR) is 75.2 cm³/mol. The Morgan fingerprint density at radius 2 is 1.84 bits per heavy atom. The standard InChI is InChI=1S/C16H15NO2/c1-18-17-10-9-14-11-15(7-8-16(14)17)19-12-13-5-3-2-4-6-13/h2-11H,12H2,1H3. The monoisotopic (exact) mass is 253 g/mol. The molecular weight excluding hydrogens is 238 g/mol. The molecule has 1 heterocycles. The molecular formula is C16H15NO2. The van der Waals surface area contributed by atoms with Gasteiger partial charge in [-0.3, -0.25) is 0 Å². The van der Waals surface area contributed by atoms with Crippen LogP contribution in [0.15, 0.2) is 60.8 Å². The van der Waals surface area contributed by atoms with Crippen LogP contribution in [0.4, 0.5) is 0 Å². The summed E-state index contributed by atoms with van der Waals surface area (Å²) in [7, 11) is 1.65. The second kappa shape index (κ2) is 5.06. The maximum absolute atomic E-state index is 5.79. The first-order chi connectivity index (χ1) is 9.36. The Bertz CT molecular complexity index is 674. The van der Waals surface area contributed by atoms with Crippen molar-refractivity contribution in [3.05, 3.63) is 66.4 Å². The lowest BCUT2D eigenvalue weighted by Gasteiger charge is -2.07. The third kappa shape index (κ3) is 2.40. The average molecular weight is 253 g/mol. The van der Waals surface area contributed by atoms with Gasteiger partial charge in [-0.1, -0.05) is 30.3 Å². The summed E-state index contributed by atoms with van der Waals surface area (Å²) in [5, 5.41) is 1.10. The van der Waals surface area contributed by atoms with Crippen molar-refractivity contribution < 1.29 is 9.57 Å². The van der Waals surface area contributed by atoms with Crippen molar-refractivity contribution in [3.63, 3.8) is 0 Å². The zero-order chi connectivity index (χ0) is 13.1. The molecule has 0 unspecified atom stereocenters. The third-order valence-corrected chi connectivity index (χ3v) is 3.07. The van der Waals surface area contributed by atoms with E-state index in [-0.39, 0.29) is 0 Å². The average Bonchev–Trinajstić information content (AvgIpc) is 2.88. The lowest BCUT2D eigenvalue weighted by atomic mass is 10.2. The number of aromatic nitrogens is 1. The topological polar surface area (TPSA) is 23.4 Å². The number of fused-ring (bicyclic) bond motifs is 1. The summed E-state index contributed by atoms with van der Waals surface area (Å²) >= 11 is 0. The number of hydrogen-bond acceptors (Lipinski definition) is 2. The van der Waals surface area contributed by atoms with Crippen LogP contribution in [-0.2, 0) is 6.61 Å². The van der Waals surface area contributed by atoms with Gasteiger partial charge in [-0.05, 0) is 29.8 Å². The summed E-state index contributed by atoms with van der Waals surface area (Å²) in [5.41, 5.74) is 2.20.